The van der Waals surface area contributed by atoms with Crippen LogP contribution in [0.3, 0.4) is 0 Å². The highest BCUT2D eigenvalue weighted by atomic mass is 16.6. The van der Waals surface area contributed by atoms with Crippen molar-refractivity contribution in [1.29, 1.82) is 0 Å². The fourth-order valence-corrected chi connectivity index (χ4v) is 2.23. The number of anilines is 2. The maximum Gasteiger partial charge on any atom is 0.270 e. The average Bonchev–Trinajstić information content (AvgIpc) is 2.56. The lowest BCUT2D eigenvalue weighted by Crippen LogP contribution is -2.26. The van der Waals surface area contributed by atoms with Gasteiger partial charge in [0.15, 0.2) is 0 Å². The van der Waals surface area contributed by atoms with Gasteiger partial charge in [-0.1, -0.05) is 12.1 Å². The van der Waals surface area contributed by atoms with E-state index in [9.17, 15) is 19.7 Å². The van der Waals surface area contributed by atoms with Crippen molar-refractivity contribution in [2.24, 2.45) is 0 Å². The van der Waals surface area contributed by atoms with Crippen LogP contribution >= 0.6 is 0 Å². The van der Waals surface area contributed by atoms with Gasteiger partial charge in [-0.25, -0.2) is 0 Å². The Bertz CT molecular complexity index is 803. The molecule has 2 aromatic rings. The Balaban J connectivity index is 1.93. The summed E-state index contributed by atoms with van der Waals surface area (Å²) in [5, 5.41) is 16.1. The standard InChI is InChI=1S/C17H18N4O4/c1-11(22)20-13-4-2-12(3-5-13)8-9-19-17(23)15-10-14(21(24)25)6-7-16(15)18/h2-7,10H,8-9,18H2,1H3,(H,19,23)(H,20,22). The van der Waals surface area contributed by atoms with Crippen molar-refractivity contribution in [1.82, 2.24) is 5.32 Å². The first-order valence-electron chi connectivity index (χ1n) is 7.55. The summed E-state index contributed by atoms with van der Waals surface area (Å²) in [4.78, 5) is 33.3. The van der Waals surface area contributed by atoms with E-state index in [-0.39, 0.29) is 22.8 Å². The second-order valence-corrected chi connectivity index (χ2v) is 5.41. The molecule has 0 aromatic heterocycles. The number of hydrogen-bond donors (Lipinski definition) is 3. The number of nitro groups is 1. The highest BCUT2D eigenvalue weighted by molar-refractivity contribution is 5.99. The van der Waals surface area contributed by atoms with Crippen LogP contribution in [0.1, 0.15) is 22.8 Å². The van der Waals surface area contributed by atoms with E-state index in [0.29, 0.717) is 18.7 Å². The highest BCUT2D eigenvalue weighted by Gasteiger charge is 2.14. The first kappa shape index (κ1) is 17.9. The number of non-ortho nitro benzene ring substituents is 1. The molecule has 0 aliphatic carbocycles. The van der Waals surface area contributed by atoms with E-state index < -0.39 is 10.8 Å². The van der Waals surface area contributed by atoms with Crippen molar-refractivity contribution in [2.45, 2.75) is 13.3 Å². The lowest BCUT2D eigenvalue weighted by molar-refractivity contribution is -0.384. The van der Waals surface area contributed by atoms with Gasteiger partial charge in [0.25, 0.3) is 11.6 Å². The van der Waals surface area contributed by atoms with E-state index in [1.54, 1.807) is 12.1 Å². The monoisotopic (exact) mass is 342 g/mol. The molecule has 4 N–H and O–H groups in total. The van der Waals surface area contributed by atoms with Crippen molar-refractivity contribution in [3.8, 4) is 0 Å². The summed E-state index contributed by atoms with van der Waals surface area (Å²) < 4.78 is 0. The summed E-state index contributed by atoms with van der Waals surface area (Å²) in [6, 6.07) is 11.0. The van der Waals surface area contributed by atoms with Crippen LogP contribution < -0.4 is 16.4 Å². The predicted molar refractivity (Wildman–Crippen MR) is 94.3 cm³/mol. The molecule has 25 heavy (non-hydrogen) atoms. The van der Waals surface area contributed by atoms with Crippen molar-refractivity contribution >= 4 is 28.9 Å². The van der Waals surface area contributed by atoms with Crippen LogP contribution in [0.2, 0.25) is 0 Å². The molecule has 0 unspecified atom stereocenters. The van der Waals surface area contributed by atoms with Crippen LogP contribution in [0, 0.1) is 10.1 Å². The van der Waals surface area contributed by atoms with Crippen LogP contribution in [-0.2, 0) is 11.2 Å². The van der Waals surface area contributed by atoms with E-state index in [1.165, 1.54) is 19.1 Å². The Morgan fingerprint density at radius 1 is 1.16 bits per heavy atom. The summed E-state index contributed by atoms with van der Waals surface area (Å²) >= 11 is 0. The fourth-order valence-electron chi connectivity index (χ4n) is 2.23. The van der Waals surface area contributed by atoms with Crippen LogP contribution in [0.4, 0.5) is 17.1 Å². The molecule has 0 bridgehead atoms. The molecule has 0 heterocycles. The minimum atomic E-state index is -0.577. The van der Waals surface area contributed by atoms with E-state index in [4.69, 9.17) is 5.73 Å². The third-order valence-electron chi connectivity index (χ3n) is 3.47. The zero-order valence-electron chi connectivity index (χ0n) is 13.6. The Morgan fingerprint density at radius 3 is 2.44 bits per heavy atom. The molecule has 2 rings (SSSR count). The Morgan fingerprint density at radius 2 is 1.84 bits per heavy atom. The number of nitrogen functional groups attached to an aromatic ring is 1. The molecule has 2 aromatic carbocycles. The van der Waals surface area contributed by atoms with Gasteiger partial charge in [0.2, 0.25) is 5.91 Å². The van der Waals surface area contributed by atoms with Gasteiger partial charge in [0, 0.05) is 37.0 Å². The lowest BCUT2D eigenvalue weighted by Gasteiger charge is -2.08. The lowest BCUT2D eigenvalue weighted by atomic mass is 10.1. The maximum absolute atomic E-state index is 12.1. The number of rotatable bonds is 6. The van der Waals surface area contributed by atoms with Crippen molar-refractivity contribution in [3.05, 3.63) is 63.7 Å². The van der Waals surface area contributed by atoms with Crippen molar-refractivity contribution in [3.63, 3.8) is 0 Å². The minimum Gasteiger partial charge on any atom is -0.398 e. The van der Waals surface area contributed by atoms with Crippen LogP contribution in [0.5, 0.6) is 0 Å². The second kappa shape index (κ2) is 7.91. The fraction of sp³-hybridized carbons (Fsp3) is 0.176. The molecule has 0 saturated heterocycles. The number of carbonyl (C=O) groups is 2. The van der Waals surface area contributed by atoms with Gasteiger partial charge in [-0.3, -0.25) is 19.7 Å². The Hall–Kier alpha value is -3.42. The first-order valence-corrected chi connectivity index (χ1v) is 7.55. The second-order valence-electron chi connectivity index (χ2n) is 5.41. The average molecular weight is 342 g/mol. The molecule has 130 valence electrons. The van der Waals surface area contributed by atoms with Gasteiger partial charge in [-0.05, 0) is 30.2 Å². The molecule has 0 radical (unpaired) electrons. The number of nitrogens with one attached hydrogen (secondary N) is 2. The largest absolute Gasteiger partial charge is 0.398 e. The summed E-state index contributed by atoms with van der Waals surface area (Å²) in [5.74, 6) is -0.606. The molecule has 2 amide bonds. The SMILES string of the molecule is CC(=O)Nc1ccc(CCNC(=O)c2cc([N+](=O)[O-])ccc2N)cc1. The quantitative estimate of drug-likeness (QED) is 0.421. The zero-order chi connectivity index (χ0) is 18.4. The molecule has 0 fully saturated rings. The molecule has 8 heteroatoms. The topological polar surface area (TPSA) is 127 Å². The van der Waals surface area contributed by atoms with E-state index in [1.807, 2.05) is 12.1 Å². The normalized spacial score (nSPS) is 10.1. The van der Waals surface area contributed by atoms with Gasteiger partial charge in [-0.2, -0.15) is 0 Å². The molecule has 0 saturated carbocycles. The summed E-state index contributed by atoms with van der Waals surface area (Å²) in [5.41, 5.74) is 7.46. The van der Waals surface area contributed by atoms with Crippen molar-refractivity contribution < 1.29 is 14.5 Å². The predicted octanol–water partition coefficient (Wildman–Crippen LogP) is 2.11. The summed E-state index contributed by atoms with van der Waals surface area (Å²) in [6.07, 6.45) is 0.570. The molecular weight excluding hydrogens is 324 g/mol. The zero-order valence-corrected chi connectivity index (χ0v) is 13.6. The van der Waals surface area contributed by atoms with E-state index in [2.05, 4.69) is 10.6 Å². The maximum atomic E-state index is 12.1. The number of nitrogens with two attached hydrogens (primary N) is 1. The van der Waals surface area contributed by atoms with Crippen LogP contribution in [-0.4, -0.2) is 23.3 Å². The van der Waals surface area contributed by atoms with Crippen LogP contribution in [0.15, 0.2) is 42.5 Å². The number of hydrogen-bond acceptors (Lipinski definition) is 5. The first-order chi connectivity index (χ1) is 11.9. The van der Waals surface area contributed by atoms with Gasteiger partial charge in [-0.15, -0.1) is 0 Å². The van der Waals surface area contributed by atoms with Gasteiger partial charge in [0.05, 0.1) is 10.5 Å². The molecule has 0 aliphatic rings. The Labute approximate surface area is 144 Å². The molecule has 8 nitrogen and oxygen atoms in total. The van der Waals surface area contributed by atoms with Crippen molar-refractivity contribution in [2.75, 3.05) is 17.6 Å². The Kier molecular flexibility index (Phi) is 5.67. The van der Waals surface area contributed by atoms with E-state index >= 15 is 0 Å². The van der Waals surface area contributed by atoms with Gasteiger partial charge in [0.1, 0.15) is 0 Å². The number of benzene rings is 2. The smallest absolute Gasteiger partial charge is 0.270 e. The minimum absolute atomic E-state index is 0.0789. The summed E-state index contributed by atoms with van der Waals surface area (Å²) in [7, 11) is 0. The van der Waals surface area contributed by atoms with Gasteiger partial charge < -0.3 is 16.4 Å². The number of nitrogens with zero attached hydrogens (tertiary/aromatic N) is 1. The number of amides is 2. The van der Waals surface area contributed by atoms with Crippen LogP contribution in [0.25, 0.3) is 0 Å². The highest BCUT2D eigenvalue weighted by Crippen LogP contribution is 2.19. The van der Waals surface area contributed by atoms with Gasteiger partial charge >= 0.3 is 0 Å². The molecular formula is C17H18N4O4. The molecule has 0 atom stereocenters. The third kappa shape index (κ3) is 5.03. The molecule has 0 aliphatic heterocycles. The number of carbonyl (C=O) groups excluding carboxylic acids is 2. The number of nitro benzene ring substituents is 1. The molecule has 0 spiro atoms. The van der Waals surface area contributed by atoms with E-state index in [0.717, 1.165) is 11.6 Å². The third-order valence-corrected chi connectivity index (χ3v) is 3.47. The summed E-state index contributed by atoms with van der Waals surface area (Å²) in [6.45, 7) is 1.78.